The van der Waals surface area contributed by atoms with Crippen molar-refractivity contribution in [2.75, 3.05) is 13.1 Å². The molecule has 1 aliphatic rings. The Labute approximate surface area is 110 Å². The summed E-state index contributed by atoms with van der Waals surface area (Å²) >= 11 is 5.88. The minimum absolute atomic E-state index is 0.170. The van der Waals surface area contributed by atoms with E-state index in [2.05, 4.69) is 15.1 Å². The Bertz CT molecular complexity index is 531. The standard InChI is InChI=1S/C13H14ClN3O/c14-11-3-1-9(2-4-11)13-10(5-15-16-13)6-17-7-12(18)8-17/h1-5,12,18H,6-8H2,(H,15,16). The summed E-state index contributed by atoms with van der Waals surface area (Å²) < 4.78 is 0. The van der Waals surface area contributed by atoms with Crippen molar-refractivity contribution >= 4 is 11.6 Å². The molecule has 3 rings (SSSR count). The van der Waals surface area contributed by atoms with E-state index in [-0.39, 0.29) is 6.10 Å². The summed E-state index contributed by atoms with van der Waals surface area (Å²) in [6.45, 7) is 2.29. The summed E-state index contributed by atoms with van der Waals surface area (Å²) in [5.74, 6) is 0. The predicted molar refractivity (Wildman–Crippen MR) is 70.3 cm³/mol. The molecule has 2 aromatic rings. The Morgan fingerprint density at radius 1 is 1.33 bits per heavy atom. The quantitative estimate of drug-likeness (QED) is 0.889. The van der Waals surface area contributed by atoms with E-state index in [9.17, 15) is 5.11 Å². The number of hydrogen-bond donors (Lipinski definition) is 2. The lowest BCUT2D eigenvalue weighted by atomic mass is 10.1. The van der Waals surface area contributed by atoms with Gasteiger partial charge in [0.1, 0.15) is 0 Å². The lowest BCUT2D eigenvalue weighted by Gasteiger charge is -2.35. The summed E-state index contributed by atoms with van der Waals surface area (Å²) in [5.41, 5.74) is 3.24. The molecule has 2 N–H and O–H groups in total. The fraction of sp³-hybridized carbons (Fsp3) is 0.308. The van der Waals surface area contributed by atoms with Gasteiger partial charge in [0.15, 0.2) is 0 Å². The molecule has 5 heteroatoms. The van der Waals surface area contributed by atoms with Gasteiger partial charge in [-0.15, -0.1) is 0 Å². The summed E-state index contributed by atoms with van der Waals surface area (Å²) in [6.07, 6.45) is 1.67. The number of nitrogens with zero attached hydrogens (tertiary/aromatic N) is 2. The van der Waals surface area contributed by atoms with E-state index in [0.29, 0.717) is 0 Å². The van der Waals surface area contributed by atoms with E-state index in [0.717, 1.165) is 41.5 Å². The molecular weight excluding hydrogens is 250 g/mol. The molecule has 2 heterocycles. The largest absolute Gasteiger partial charge is 0.390 e. The van der Waals surface area contributed by atoms with Gasteiger partial charge in [-0.2, -0.15) is 5.10 Å². The molecule has 0 bridgehead atoms. The number of aliphatic hydroxyl groups is 1. The molecule has 94 valence electrons. The summed E-state index contributed by atoms with van der Waals surface area (Å²) in [5, 5.41) is 17.1. The van der Waals surface area contributed by atoms with Crippen molar-refractivity contribution in [3.05, 3.63) is 41.0 Å². The zero-order valence-corrected chi connectivity index (χ0v) is 10.6. The number of H-pyrrole nitrogens is 1. The Morgan fingerprint density at radius 3 is 2.72 bits per heavy atom. The van der Waals surface area contributed by atoms with Crippen LogP contribution in [-0.2, 0) is 6.54 Å². The number of hydrogen-bond acceptors (Lipinski definition) is 3. The monoisotopic (exact) mass is 263 g/mol. The minimum atomic E-state index is -0.170. The smallest absolute Gasteiger partial charge is 0.0794 e. The zero-order chi connectivity index (χ0) is 12.5. The first kappa shape index (κ1) is 11.7. The van der Waals surface area contributed by atoms with Crippen LogP contribution in [0.5, 0.6) is 0 Å². The van der Waals surface area contributed by atoms with Gasteiger partial charge in [-0.3, -0.25) is 10.00 Å². The molecule has 4 nitrogen and oxygen atoms in total. The third-order valence-electron chi connectivity index (χ3n) is 3.18. The van der Waals surface area contributed by atoms with E-state index >= 15 is 0 Å². The van der Waals surface area contributed by atoms with Gasteiger partial charge in [0, 0.05) is 30.2 Å². The van der Waals surface area contributed by atoms with Crippen molar-refractivity contribution < 1.29 is 5.11 Å². The molecular formula is C13H14ClN3O. The summed E-state index contributed by atoms with van der Waals surface area (Å²) in [4.78, 5) is 2.19. The number of aromatic nitrogens is 2. The van der Waals surface area contributed by atoms with Crippen LogP contribution < -0.4 is 0 Å². The van der Waals surface area contributed by atoms with Gasteiger partial charge < -0.3 is 5.11 Å². The van der Waals surface area contributed by atoms with Crippen molar-refractivity contribution in [2.24, 2.45) is 0 Å². The Morgan fingerprint density at radius 2 is 2.06 bits per heavy atom. The van der Waals surface area contributed by atoms with Gasteiger partial charge >= 0.3 is 0 Å². The molecule has 0 amide bonds. The predicted octanol–water partition coefficient (Wildman–Crippen LogP) is 1.91. The van der Waals surface area contributed by atoms with Gasteiger partial charge in [0.2, 0.25) is 0 Å². The van der Waals surface area contributed by atoms with Gasteiger partial charge in [-0.05, 0) is 17.7 Å². The second kappa shape index (κ2) is 4.72. The van der Waals surface area contributed by atoms with Crippen LogP contribution in [-0.4, -0.2) is 39.4 Å². The van der Waals surface area contributed by atoms with Gasteiger partial charge in [-0.25, -0.2) is 0 Å². The van der Waals surface area contributed by atoms with Gasteiger partial charge in [0.05, 0.1) is 18.0 Å². The molecule has 0 atom stereocenters. The Balaban J connectivity index is 1.80. The van der Waals surface area contributed by atoms with Crippen molar-refractivity contribution in [1.82, 2.24) is 15.1 Å². The van der Waals surface area contributed by atoms with E-state index in [1.165, 1.54) is 0 Å². The van der Waals surface area contributed by atoms with Crippen LogP contribution in [0.15, 0.2) is 30.5 Å². The lowest BCUT2D eigenvalue weighted by Crippen LogP contribution is -2.49. The van der Waals surface area contributed by atoms with Crippen LogP contribution in [0.2, 0.25) is 5.02 Å². The molecule has 0 saturated carbocycles. The first-order chi connectivity index (χ1) is 8.72. The molecule has 1 saturated heterocycles. The molecule has 0 unspecified atom stereocenters. The van der Waals surface area contributed by atoms with Gasteiger partial charge in [0.25, 0.3) is 0 Å². The first-order valence-electron chi connectivity index (χ1n) is 5.91. The minimum Gasteiger partial charge on any atom is -0.390 e. The lowest BCUT2D eigenvalue weighted by molar-refractivity contribution is -0.00277. The number of benzene rings is 1. The summed E-state index contributed by atoms with van der Waals surface area (Å²) in [6, 6.07) is 7.69. The SMILES string of the molecule is OC1CN(Cc2cn[nH]c2-c2ccc(Cl)cc2)C1. The maximum Gasteiger partial charge on any atom is 0.0794 e. The van der Waals surface area contributed by atoms with Gasteiger partial charge in [-0.1, -0.05) is 23.7 Å². The van der Waals surface area contributed by atoms with Crippen LogP contribution in [0, 0.1) is 0 Å². The van der Waals surface area contributed by atoms with Crippen molar-refractivity contribution in [3.63, 3.8) is 0 Å². The topological polar surface area (TPSA) is 52.1 Å². The molecule has 1 aliphatic heterocycles. The zero-order valence-electron chi connectivity index (χ0n) is 9.81. The number of aromatic amines is 1. The molecule has 0 aliphatic carbocycles. The molecule has 0 radical (unpaired) electrons. The maximum atomic E-state index is 9.28. The molecule has 1 aromatic carbocycles. The highest BCUT2D eigenvalue weighted by Crippen LogP contribution is 2.25. The maximum absolute atomic E-state index is 9.28. The van der Waals surface area contributed by atoms with Crippen molar-refractivity contribution in [2.45, 2.75) is 12.6 Å². The fourth-order valence-corrected chi connectivity index (χ4v) is 2.34. The van der Waals surface area contributed by atoms with E-state index in [1.807, 2.05) is 30.5 Å². The van der Waals surface area contributed by atoms with Crippen LogP contribution in [0.1, 0.15) is 5.56 Å². The van der Waals surface area contributed by atoms with E-state index < -0.39 is 0 Å². The molecule has 18 heavy (non-hydrogen) atoms. The normalized spacial score (nSPS) is 16.8. The average molecular weight is 264 g/mol. The second-order valence-electron chi connectivity index (χ2n) is 4.63. The Hall–Kier alpha value is -1.36. The number of likely N-dealkylation sites (tertiary alicyclic amines) is 1. The second-order valence-corrected chi connectivity index (χ2v) is 5.06. The number of β-amino-alcohol motifs (C(OH)–C–C–N with tert-alkyl or cyclic N) is 1. The van der Waals surface area contributed by atoms with Crippen LogP contribution in [0.3, 0.4) is 0 Å². The van der Waals surface area contributed by atoms with Crippen molar-refractivity contribution in [3.8, 4) is 11.3 Å². The fourth-order valence-electron chi connectivity index (χ4n) is 2.21. The number of halogens is 1. The first-order valence-corrected chi connectivity index (χ1v) is 6.29. The number of nitrogens with one attached hydrogen (secondary N) is 1. The molecule has 1 aromatic heterocycles. The highest BCUT2D eigenvalue weighted by molar-refractivity contribution is 6.30. The molecule has 0 spiro atoms. The van der Waals surface area contributed by atoms with Crippen LogP contribution in [0.25, 0.3) is 11.3 Å². The number of rotatable bonds is 3. The molecule has 1 fully saturated rings. The highest BCUT2D eigenvalue weighted by Gasteiger charge is 2.25. The van der Waals surface area contributed by atoms with Crippen LogP contribution in [0.4, 0.5) is 0 Å². The van der Waals surface area contributed by atoms with E-state index in [4.69, 9.17) is 11.6 Å². The number of aliphatic hydroxyl groups excluding tert-OH is 1. The third kappa shape index (κ3) is 2.27. The highest BCUT2D eigenvalue weighted by atomic mass is 35.5. The Kier molecular flexibility index (Phi) is 3.07. The summed E-state index contributed by atoms with van der Waals surface area (Å²) in [7, 11) is 0. The van der Waals surface area contributed by atoms with E-state index in [1.54, 1.807) is 0 Å². The van der Waals surface area contributed by atoms with Crippen molar-refractivity contribution in [1.29, 1.82) is 0 Å². The van der Waals surface area contributed by atoms with Crippen LogP contribution >= 0.6 is 11.6 Å². The third-order valence-corrected chi connectivity index (χ3v) is 3.43. The average Bonchev–Trinajstić information content (AvgIpc) is 2.76.